The number of aliphatic carboxylic acids is 1. The zero-order valence-corrected chi connectivity index (χ0v) is 14.4. The molecule has 0 aliphatic heterocycles. The van der Waals surface area contributed by atoms with Crippen LogP contribution in [-0.4, -0.2) is 29.6 Å². The summed E-state index contributed by atoms with van der Waals surface area (Å²) in [4.78, 5) is 23.5. The van der Waals surface area contributed by atoms with Crippen molar-refractivity contribution in [2.45, 2.75) is 46.2 Å². The highest BCUT2D eigenvalue weighted by molar-refractivity contribution is 5.80. The predicted molar refractivity (Wildman–Crippen MR) is 91.0 cm³/mol. The third-order valence-corrected chi connectivity index (χ3v) is 4.10. The second-order valence-electron chi connectivity index (χ2n) is 6.28. The molecule has 0 aliphatic carbocycles. The lowest BCUT2D eigenvalue weighted by molar-refractivity contribution is -0.141. The van der Waals surface area contributed by atoms with Crippen LogP contribution in [0.15, 0.2) is 30.3 Å². The number of amides is 1. The fourth-order valence-electron chi connectivity index (χ4n) is 2.49. The Bertz CT molecular complexity index is 502. The Labute approximate surface area is 138 Å². The molecule has 0 saturated heterocycles. The number of hydrogen-bond acceptors (Lipinski definition) is 3. The van der Waals surface area contributed by atoms with Crippen molar-refractivity contribution in [3.8, 4) is 0 Å². The Kier molecular flexibility index (Phi) is 7.75. The van der Waals surface area contributed by atoms with Crippen LogP contribution in [0.25, 0.3) is 0 Å². The highest BCUT2D eigenvalue weighted by Crippen LogP contribution is 2.21. The zero-order chi connectivity index (χ0) is 17.4. The third kappa shape index (κ3) is 6.02. The van der Waals surface area contributed by atoms with E-state index < -0.39 is 12.0 Å². The molecule has 1 aromatic carbocycles. The first-order chi connectivity index (χ1) is 10.9. The van der Waals surface area contributed by atoms with Gasteiger partial charge in [-0.05, 0) is 17.4 Å². The second-order valence-corrected chi connectivity index (χ2v) is 6.28. The average Bonchev–Trinajstić information content (AvgIpc) is 2.52. The van der Waals surface area contributed by atoms with Crippen molar-refractivity contribution in [1.29, 1.82) is 0 Å². The molecule has 0 aliphatic rings. The van der Waals surface area contributed by atoms with Gasteiger partial charge in [0.2, 0.25) is 5.91 Å². The monoisotopic (exact) mass is 320 g/mol. The van der Waals surface area contributed by atoms with E-state index >= 15 is 0 Å². The van der Waals surface area contributed by atoms with Crippen LogP contribution in [0.4, 0.5) is 0 Å². The van der Waals surface area contributed by atoms with E-state index in [1.54, 1.807) is 0 Å². The van der Waals surface area contributed by atoms with Crippen molar-refractivity contribution in [3.05, 3.63) is 35.9 Å². The minimum absolute atomic E-state index is 0.00262. The molecule has 0 radical (unpaired) electrons. The van der Waals surface area contributed by atoms with Crippen LogP contribution in [0.3, 0.4) is 0 Å². The topological polar surface area (TPSA) is 78.4 Å². The van der Waals surface area contributed by atoms with E-state index in [0.717, 1.165) is 12.0 Å². The minimum Gasteiger partial charge on any atom is -0.480 e. The highest BCUT2D eigenvalue weighted by Gasteiger charge is 2.24. The SMILES string of the molecule is CC[C@H](C)[C@H](NCC(=O)NC(c1ccccc1)C(C)C)C(=O)O. The molecular weight excluding hydrogens is 292 g/mol. The molecule has 23 heavy (non-hydrogen) atoms. The standard InChI is InChI=1S/C18H28N2O3/c1-5-13(4)17(18(22)23)19-11-15(21)20-16(12(2)3)14-9-7-6-8-10-14/h6-10,12-13,16-17,19H,5,11H2,1-4H3,(H,20,21)(H,22,23)/t13-,16?,17-/m0/s1. The summed E-state index contributed by atoms with van der Waals surface area (Å²) >= 11 is 0. The van der Waals surface area contributed by atoms with Gasteiger partial charge in [0, 0.05) is 0 Å². The maximum absolute atomic E-state index is 12.2. The summed E-state index contributed by atoms with van der Waals surface area (Å²) in [5, 5.41) is 15.1. The van der Waals surface area contributed by atoms with Crippen LogP contribution < -0.4 is 10.6 Å². The summed E-state index contributed by atoms with van der Waals surface area (Å²) in [5.74, 6) is -0.903. The van der Waals surface area contributed by atoms with Crippen LogP contribution in [-0.2, 0) is 9.59 Å². The van der Waals surface area contributed by atoms with Crippen molar-refractivity contribution in [1.82, 2.24) is 10.6 Å². The summed E-state index contributed by atoms with van der Waals surface area (Å²) in [5.41, 5.74) is 1.05. The van der Waals surface area contributed by atoms with E-state index in [1.165, 1.54) is 0 Å². The maximum Gasteiger partial charge on any atom is 0.320 e. The number of rotatable bonds is 9. The fraction of sp³-hybridized carbons (Fsp3) is 0.556. The molecule has 0 saturated carbocycles. The summed E-state index contributed by atoms with van der Waals surface area (Å²) in [7, 11) is 0. The van der Waals surface area contributed by atoms with Crippen LogP contribution in [0.2, 0.25) is 0 Å². The van der Waals surface area contributed by atoms with E-state index in [1.807, 2.05) is 58.0 Å². The van der Waals surface area contributed by atoms with Gasteiger partial charge in [0.05, 0.1) is 12.6 Å². The molecule has 1 unspecified atom stereocenters. The van der Waals surface area contributed by atoms with Crippen molar-refractivity contribution in [2.24, 2.45) is 11.8 Å². The first kappa shape index (κ1) is 19.2. The van der Waals surface area contributed by atoms with Gasteiger partial charge in [-0.25, -0.2) is 0 Å². The molecule has 3 N–H and O–H groups in total. The van der Waals surface area contributed by atoms with Crippen LogP contribution in [0.1, 0.15) is 45.7 Å². The molecule has 5 heteroatoms. The molecule has 128 valence electrons. The molecule has 0 fully saturated rings. The molecule has 1 rings (SSSR count). The molecular formula is C18H28N2O3. The number of carbonyl (C=O) groups excluding carboxylic acids is 1. The number of nitrogens with one attached hydrogen (secondary N) is 2. The van der Waals surface area contributed by atoms with Crippen LogP contribution in [0.5, 0.6) is 0 Å². The Morgan fingerprint density at radius 3 is 2.22 bits per heavy atom. The lowest BCUT2D eigenvalue weighted by atomic mass is 9.96. The molecule has 0 aromatic heterocycles. The number of hydrogen-bond donors (Lipinski definition) is 3. The highest BCUT2D eigenvalue weighted by atomic mass is 16.4. The lowest BCUT2D eigenvalue weighted by Crippen LogP contribution is -2.47. The van der Waals surface area contributed by atoms with Crippen molar-refractivity contribution in [2.75, 3.05) is 6.54 Å². The number of carboxylic acids is 1. The Balaban J connectivity index is 2.65. The van der Waals surface area contributed by atoms with Gasteiger partial charge in [0.15, 0.2) is 0 Å². The normalized spacial score (nSPS) is 15.0. The smallest absolute Gasteiger partial charge is 0.320 e. The Morgan fingerprint density at radius 2 is 1.74 bits per heavy atom. The molecule has 3 atom stereocenters. The van der Waals surface area contributed by atoms with Gasteiger partial charge < -0.3 is 10.4 Å². The first-order valence-electron chi connectivity index (χ1n) is 8.17. The molecule has 1 aromatic rings. The van der Waals surface area contributed by atoms with E-state index in [2.05, 4.69) is 10.6 Å². The second kappa shape index (κ2) is 9.30. The summed E-state index contributed by atoms with van der Waals surface area (Å²) in [6.07, 6.45) is 0.740. The lowest BCUT2D eigenvalue weighted by Gasteiger charge is -2.24. The van der Waals surface area contributed by atoms with Gasteiger partial charge in [0.1, 0.15) is 6.04 Å². The van der Waals surface area contributed by atoms with Crippen LogP contribution >= 0.6 is 0 Å². The van der Waals surface area contributed by atoms with Gasteiger partial charge in [-0.3, -0.25) is 14.9 Å². The predicted octanol–water partition coefficient (Wildman–Crippen LogP) is 2.59. The van der Waals surface area contributed by atoms with E-state index in [9.17, 15) is 14.7 Å². The van der Waals surface area contributed by atoms with Crippen molar-refractivity contribution < 1.29 is 14.7 Å². The number of carboxylic acid groups (broad SMARTS) is 1. The maximum atomic E-state index is 12.2. The minimum atomic E-state index is -0.921. The van der Waals surface area contributed by atoms with E-state index in [0.29, 0.717) is 0 Å². The molecule has 5 nitrogen and oxygen atoms in total. The quantitative estimate of drug-likeness (QED) is 0.653. The van der Waals surface area contributed by atoms with Crippen molar-refractivity contribution in [3.63, 3.8) is 0 Å². The van der Waals surface area contributed by atoms with Gasteiger partial charge >= 0.3 is 5.97 Å². The van der Waals surface area contributed by atoms with E-state index in [-0.39, 0.29) is 30.3 Å². The fourth-order valence-corrected chi connectivity index (χ4v) is 2.49. The molecule has 0 spiro atoms. The largest absolute Gasteiger partial charge is 0.480 e. The zero-order valence-electron chi connectivity index (χ0n) is 14.4. The van der Waals surface area contributed by atoms with Gasteiger partial charge in [-0.2, -0.15) is 0 Å². The summed E-state index contributed by atoms with van der Waals surface area (Å²) in [6, 6.07) is 9.00. The van der Waals surface area contributed by atoms with E-state index in [4.69, 9.17) is 0 Å². The summed E-state index contributed by atoms with van der Waals surface area (Å²) in [6.45, 7) is 7.89. The average molecular weight is 320 g/mol. The number of benzene rings is 1. The van der Waals surface area contributed by atoms with Gasteiger partial charge in [-0.15, -0.1) is 0 Å². The summed E-state index contributed by atoms with van der Waals surface area (Å²) < 4.78 is 0. The molecule has 1 amide bonds. The Hall–Kier alpha value is -1.88. The number of carbonyl (C=O) groups is 2. The van der Waals surface area contributed by atoms with Gasteiger partial charge in [0.25, 0.3) is 0 Å². The van der Waals surface area contributed by atoms with Crippen LogP contribution in [0, 0.1) is 11.8 Å². The van der Waals surface area contributed by atoms with Crippen molar-refractivity contribution >= 4 is 11.9 Å². The molecule has 0 heterocycles. The Morgan fingerprint density at radius 1 is 1.13 bits per heavy atom. The first-order valence-corrected chi connectivity index (χ1v) is 8.17. The van der Waals surface area contributed by atoms with Gasteiger partial charge in [-0.1, -0.05) is 64.4 Å². The molecule has 0 bridgehead atoms. The third-order valence-electron chi connectivity index (χ3n) is 4.10.